The maximum atomic E-state index is 11.5. The van der Waals surface area contributed by atoms with Crippen molar-refractivity contribution in [2.24, 2.45) is 5.73 Å². The van der Waals surface area contributed by atoms with Crippen molar-refractivity contribution in [3.63, 3.8) is 0 Å². The van der Waals surface area contributed by atoms with Crippen LogP contribution in [0.2, 0.25) is 0 Å². The summed E-state index contributed by atoms with van der Waals surface area (Å²) in [4.78, 5) is 13.5. The Morgan fingerprint density at radius 2 is 2.05 bits per heavy atom. The lowest BCUT2D eigenvalue weighted by atomic mass is 10.2. The molecule has 0 radical (unpaired) electrons. The van der Waals surface area contributed by atoms with Crippen LogP contribution in [0.5, 0.6) is 5.75 Å². The lowest BCUT2D eigenvalue weighted by Gasteiger charge is -2.16. The number of likely N-dealkylation sites (N-methyl/N-ethyl adjacent to an activating group) is 1. The highest BCUT2D eigenvalue weighted by Crippen LogP contribution is 2.11. The number of ether oxygens (including phenoxy) is 1. The van der Waals surface area contributed by atoms with Crippen molar-refractivity contribution in [1.82, 2.24) is 10.2 Å². The minimum atomic E-state index is 0.0571. The number of hydrogen-bond acceptors (Lipinski definition) is 4. The molecule has 3 N–H and O–H groups in total. The van der Waals surface area contributed by atoms with Crippen LogP contribution in [0.3, 0.4) is 0 Å². The zero-order valence-corrected chi connectivity index (χ0v) is 12.4. The van der Waals surface area contributed by atoms with Crippen LogP contribution in [0.1, 0.15) is 18.9 Å². The van der Waals surface area contributed by atoms with Crippen LogP contribution in [0.4, 0.5) is 0 Å². The Morgan fingerprint density at radius 3 is 2.65 bits per heavy atom. The smallest absolute Gasteiger partial charge is 0.234 e. The normalized spacial score (nSPS) is 10.6. The van der Waals surface area contributed by atoms with Crippen LogP contribution >= 0.6 is 0 Å². The van der Waals surface area contributed by atoms with Crippen molar-refractivity contribution in [3.05, 3.63) is 29.8 Å². The molecule has 0 saturated heterocycles. The SMILES string of the molecule is CCCNC(=O)CN(C)CCOc1ccc(CN)cc1. The molecule has 0 heterocycles. The van der Waals surface area contributed by atoms with Crippen LogP contribution in [-0.4, -0.2) is 44.1 Å². The number of benzene rings is 1. The molecule has 0 aliphatic rings. The van der Waals surface area contributed by atoms with Gasteiger partial charge in [-0.15, -0.1) is 0 Å². The number of hydrogen-bond donors (Lipinski definition) is 2. The van der Waals surface area contributed by atoms with Crippen molar-refractivity contribution in [1.29, 1.82) is 0 Å². The largest absolute Gasteiger partial charge is 0.492 e. The van der Waals surface area contributed by atoms with E-state index in [9.17, 15) is 4.79 Å². The van der Waals surface area contributed by atoms with Gasteiger partial charge in [0.1, 0.15) is 12.4 Å². The van der Waals surface area contributed by atoms with Crippen LogP contribution in [0, 0.1) is 0 Å². The minimum Gasteiger partial charge on any atom is -0.492 e. The fourth-order valence-corrected chi connectivity index (χ4v) is 1.69. The zero-order chi connectivity index (χ0) is 14.8. The summed E-state index contributed by atoms with van der Waals surface area (Å²) in [5, 5.41) is 2.85. The van der Waals surface area contributed by atoms with Crippen molar-refractivity contribution in [2.45, 2.75) is 19.9 Å². The molecule has 1 rings (SSSR count). The van der Waals surface area contributed by atoms with E-state index in [1.807, 2.05) is 43.1 Å². The number of rotatable bonds is 9. The van der Waals surface area contributed by atoms with Gasteiger partial charge in [-0.25, -0.2) is 0 Å². The predicted octanol–water partition coefficient (Wildman–Crippen LogP) is 0.982. The standard InChI is InChI=1S/C15H25N3O2/c1-3-8-17-15(19)12-18(2)9-10-20-14-6-4-13(11-16)5-7-14/h4-7H,3,8-12,16H2,1-2H3,(H,17,19). The molecule has 0 spiro atoms. The second kappa shape index (κ2) is 9.34. The summed E-state index contributed by atoms with van der Waals surface area (Å²) in [6.07, 6.45) is 0.956. The van der Waals surface area contributed by atoms with Gasteiger partial charge in [-0.3, -0.25) is 9.69 Å². The van der Waals surface area contributed by atoms with E-state index in [2.05, 4.69) is 5.32 Å². The summed E-state index contributed by atoms with van der Waals surface area (Å²) in [6.45, 7) is 4.97. The van der Waals surface area contributed by atoms with E-state index < -0.39 is 0 Å². The second-order valence-electron chi connectivity index (χ2n) is 4.78. The maximum Gasteiger partial charge on any atom is 0.234 e. The fraction of sp³-hybridized carbons (Fsp3) is 0.533. The molecule has 0 unspecified atom stereocenters. The Labute approximate surface area is 121 Å². The number of nitrogens with zero attached hydrogens (tertiary/aromatic N) is 1. The van der Waals surface area contributed by atoms with E-state index in [-0.39, 0.29) is 5.91 Å². The van der Waals surface area contributed by atoms with Gasteiger partial charge >= 0.3 is 0 Å². The van der Waals surface area contributed by atoms with Gasteiger partial charge in [0.2, 0.25) is 5.91 Å². The monoisotopic (exact) mass is 279 g/mol. The predicted molar refractivity (Wildman–Crippen MR) is 80.6 cm³/mol. The quantitative estimate of drug-likeness (QED) is 0.707. The Morgan fingerprint density at radius 1 is 1.35 bits per heavy atom. The van der Waals surface area contributed by atoms with E-state index in [0.717, 1.165) is 24.3 Å². The highest BCUT2D eigenvalue weighted by molar-refractivity contribution is 5.77. The van der Waals surface area contributed by atoms with E-state index >= 15 is 0 Å². The Balaban J connectivity index is 2.20. The average Bonchev–Trinajstić information content (AvgIpc) is 2.45. The van der Waals surface area contributed by atoms with Gasteiger partial charge in [0.15, 0.2) is 0 Å². The fourth-order valence-electron chi connectivity index (χ4n) is 1.69. The van der Waals surface area contributed by atoms with Crippen molar-refractivity contribution >= 4 is 5.91 Å². The Kier molecular flexibility index (Phi) is 7.69. The molecule has 0 bridgehead atoms. The molecule has 0 atom stereocenters. The Hall–Kier alpha value is -1.59. The van der Waals surface area contributed by atoms with Crippen LogP contribution in [0.15, 0.2) is 24.3 Å². The van der Waals surface area contributed by atoms with Crippen LogP contribution in [0.25, 0.3) is 0 Å². The highest BCUT2D eigenvalue weighted by Gasteiger charge is 2.05. The zero-order valence-electron chi connectivity index (χ0n) is 12.4. The van der Waals surface area contributed by atoms with Gasteiger partial charge in [0.05, 0.1) is 6.54 Å². The first-order chi connectivity index (χ1) is 9.65. The van der Waals surface area contributed by atoms with E-state index in [4.69, 9.17) is 10.5 Å². The second-order valence-corrected chi connectivity index (χ2v) is 4.78. The molecule has 1 aromatic carbocycles. The Bertz CT molecular complexity index is 393. The van der Waals surface area contributed by atoms with Crippen molar-refractivity contribution in [2.75, 3.05) is 33.3 Å². The molecule has 112 valence electrons. The van der Waals surface area contributed by atoms with Crippen LogP contribution in [-0.2, 0) is 11.3 Å². The first-order valence-corrected chi connectivity index (χ1v) is 7.02. The first kappa shape index (κ1) is 16.5. The molecule has 0 aliphatic heterocycles. The minimum absolute atomic E-state index is 0.0571. The summed E-state index contributed by atoms with van der Waals surface area (Å²) < 4.78 is 5.62. The summed E-state index contributed by atoms with van der Waals surface area (Å²) in [5.41, 5.74) is 6.62. The summed E-state index contributed by atoms with van der Waals surface area (Å²) in [5.74, 6) is 0.882. The van der Waals surface area contributed by atoms with Gasteiger partial charge in [-0.2, -0.15) is 0 Å². The molecule has 0 aromatic heterocycles. The molecule has 0 fully saturated rings. The van der Waals surface area contributed by atoms with Crippen molar-refractivity contribution < 1.29 is 9.53 Å². The molecular weight excluding hydrogens is 254 g/mol. The molecular formula is C15H25N3O2. The highest BCUT2D eigenvalue weighted by atomic mass is 16.5. The summed E-state index contributed by atoms with van der Waals surface area (Å²) >= 11 is 0. The van der Waals surface area contributed by atoms with Gasteiger partial charge in [0.25, 0.3) is 0 Å². The van der Waals surface area contributed by atoms with Gasteiger partial charge < -0.3 is 15.8 Å². The molecule has 1 amide bonds. The van der Waals surface area contributed by atoms with Crippen molar-refractivity contribution in [3.8, 4) is 5.75 Å². The number of nitrogens with two attached hydrogens (primary N) is 1. The molecule has 1 aromatic rings. The topological polar surface area (TPSA) is 67.6 Å². The van der Waals surface area contributed by atoms with Gasteiger partial charge in [-0.05, 0) is 31.2 Å². The molecule has 5 nitrogen and oxygen atoms in total. The number of carbonyl (C=O) groups is 1. The molecule has 0 saturated carbocycles. The molecule has 20 heavy (non-hydrogen) atoms. The lowest BCUT2D eigenvalue weighted by Crippen LogP contribution is -2.37. The summed E-state index contributed by atoms with van der Waals surface area (Å²) in [6, 6.07) is 7.74. The number of nitrogens with one attached hydrogen (secondary N) is 1. The third-order valence-electron chi connectivity index (χ3n) is 2.89. The summed E-state index contributed by atoms with van der Waals surface area (Å²) in [7, 11) is 1.91. The van der Waals surface area contributed by atoms with Gasteiger partial charge in [0, 0.05) is 19.6 Å². The maximum absolute atomic E-state index is 11.5. The lowest BCUT2D eigenvalue weighted by molar-refractivity contribution is -0.122. The third kappa shape index (κ3) is 6.54. The number of amides is 1. The first-order valence-electron chi connectivity index (χ1n) is 7.02. The van der Waals surface area contributed by atoms with E-state index in [0.29, 0.717) is 26.2 Å². The van der Waals surface area contributed by atoms with E-state index in [1.165, 1.54) is 0 Å². The van der Waals surface area contributed by atoms with Crippen LogP contribution < -0.4 is 15.8 Å². The molecule has 0 aliphatic carbocycles. The van der Waals surface area contributed by atoms with Gasteiger partial charge in [-0.1, -0.05) is 19.1 Å². The third-order valence-corrected chi connectivity index (χ3v) is 2.89. The molecule has 5 heteroatoms. The van der Waals surface area contributed by atoms with E-state index in [1.54, 1.807) is 0 Å². The number of carbonyl (C=O) groups excluding carboxylic acids is 1. The average molecular weight is 279 g/mol.